The Morgan fingerprint density at radius 3 is 2.75 bits per heavy atom. The van der Waals surface area contributed by atoms with Crippen molar-refractivity contribution in [2.75, 3.05) is 7.05 Å². The molecular formula is C8H15NO3. The monoisotopic (exact) mass is 173 g/mol. The zero-order chi connectivity index (χ0) is 8.93. The molecule has 4 heteroatoms. The van der Waals surface area contributed by atoms with Gasteiger partial charge in [0.2, 0.25) is 0 Å². The highest BCUT2D eigenvalue weighted by molar-refractivity contribution is 5.04. The molecule has 2 aliphatic heterocycles. The molecule has 0 unspecified atom stereocenters. The van der Waals surface area contributed by atoms with E-state index in [-0.39, 0.29) is 6.04 Å². The largest absolute Gasteiger partial charge is 0.390 e. The van der Waals surface area contributed by atoms with Gasteiger partial charge in [-0.15, -0.1) is 0 Å². The summed E-state index contributed by atoms with van der Waals surface area (Å²) in [5, 5.41) is 28.9. The first-order chi connectivity index (χ1) is 5.55. The van der Waals surface area contributed by atoms with E-state index in [1.54, 1.807) is 11.9 Å². The van der Waals surface area contributed by atoms with Gasteiger partial charge < -0.3 is 15.3 Å². The van der Waals surface area contributed by atoms with E-state index in [4.69, 9.17) is 0 Å². The van der Waals surface area contributed by atoms with Crippen LogP contribution in [0.25, 0.3) is 0 Å². The van der Waals surface area contributed by atoms with E-state index in [1.165, 1.54) is 0 Å². The van der Waals surface area contributed by atoms with E-state index < -0.39 is 17.9 Å². The summed E-state index contributed by atoms with van der Waals surface area (Å²) in [6, 6.07) is 0.230. The van der Waals surface area contributed by atoms with Crippen molar-refractivity contribution in [1.29, 1.82) is 0 Å². The molecule has 0 aromatic rings. The zero-order valence-corrected chi connectivity index (χ0v) is 7.14. The van der Waals surface area contributed by atoms with Gasteiger partial charge in [0, 0.05) is 6.04 Å². The van der Waals surface area contributed by atoms with Crippen molar-refractivity contribution in [2.45, 2.75) is 43.2 Å². The van der Waals surface area contributed by atoms with Crippen LogP contribution in [0.4, 0.5) is 0 Å². The predicted octanol–water partition coefficient (Wildman–Crippen LogP) is -1.11. The molecule has 2 fully saturated rings. The number of rotatable bonds is 0. The maximum Gasteiger partial charge on any atom is 0.147 e. The van der Waals surface area contributed by atoms with E-state index >= 15 is 0 Å². The number of piperidine rings is 1. The number of fused-ring (bicyclic) bond motifs is 2. The van der Waals surface area contributed by atoms with Crippen molar-refractivity contribution in [3.63, 3.8) is 0 Å². The van der Waals surface area contributed by atoms with Crippen LogP contribution in [0.15, 0.2) is 0 Å². The van der Waals surface area contributed by atoms with Gasteiger partial charge in [-0.2, -0.15) is 0 Å². The van der Waals surface area contributed by atoms with Crippen LogP contribution in [0.3, 0.4) is 0 Å². The highest BCUT2D eigenvalue weighted by atomic mass is 16.4. The van der Waals surface area contributed by atoms with E-state index in [0.717, 1.165) is 6.42 Å². The molecule has 0 aromatic carbocycles. The molecule has 0 radical (unpaired) electrons. The number of likely N-dealkylation sites (N-methyl/N-ethyl adjacent to an activating group) is 1. The first kappa shape index (κ1) is 8.44. The summed E-state index contributed by atoms with van der Waals surface area (Å²) >= 11 is 0. The van der Waals surface area contributed by atoms with Crippen molar-refractivity contribution >= 4 is 0 Å². The maximum atomic E-state index is 9.95. The van der Waals surface area contributed by atoms with E-state index in [0.29, 0.717) is 12.8 Å². The van der Waals surface area contributed by atoms with Crippen LogP contribution < -0.4 is 0 Å². The molecule has 0 spiro atoms. The molecule has 4 atom stereocenters. The van der Waals surface area contributed by atoms with Gasteiger partial charge in [-0.05, 0) is 26.3 Å². The first-order valence-electron chi connectivity index (χ1n) is 4.37. The quantitative estimate of drug-likeness (QED) is 0.435. The standard InChI is InChI=1S/C8H15NO3/c1-9-5-2-3-8(9,12)7(11)6(10)4-5/h5-7,10-12H,2-4H2,1H3/t5-,6-,7+,8-/m1/s1. The van der Waals surface area contributed by atoms with Gasteiger partial charge in [0.1, 0.15) is 11.8 Å². The highest BCUT2D eigenvalue weighted by Gasteiger charge is 2.54. The molecule has 4 nitrogen and oxygen atoms in total. The lowest BCUT2D eigenvalue weighted by molar-refractivity contribution is -0.214. The minimum absolute atomic E-state index is 0.230. The van der Waals surface area contributed by atoms with Gasteiger partial charge in [0.05, 0.1) is 6.10 Å². The minimum Gasteiger partial charge on any atom is -0.390 e. The van der Waals surface area contributed by atoms with Crippen molar-refractivity contribution in [3.8, 4) is 0 Å². The van der Waals surface area contributed by atoms with Crippen molar-refractivity contribution in [3.05, 3.63) is 0 Å². The molecular weight excluding hydrogens is 158 g/mol. The smallest absolute Gasteiger partial charge is 0.147 e. The molecule has 12 heavy (non-hydrogen) atoms. The number of hydrogen-bond acceptors (Lipinski definition) is 4. The molecule has 0 aromatic heterocycles. The van der Waals surface area contributed by atoms with E-state index in [2.05, 4.69) is 0 Å². The maximum absolute atomic E-state index is 9.95. The molecule has 0 saturated carbocycles. The number of nitrogens with zero attached hydrogens (tertiary/aromatic N) is 1. The van der Waals surface area contributed by atoms with E-state index in [1.807, 2.05) is 0 Å². The summed E-state index contributed by atoms with van der Waals surface area (Å²) in [5.74, 6) is 0. The molecule has 0 amide bonds. The summed E-state index contributed by atoms with van der Waals surface area (Å²) in [4.78, 5) is 1.78. The second-order valence-corrected chi connectivity index (χ2v) is 3.93. The zero-order valence-electron chi connectivity index (χ0n) is 7.14. The average molecular weight is 173 g/mol. The lowest BCUT2D eigenvalue weighted by Gasteiger charge is -2.44. The van der Waals surface area contributed by atoms with Crippen LogP contribution in [0.5, 0.6) is 0 Å². The topological polar surface area (TPSA) is 63.9 Å². The fourth-order valence-electron chi connectivity index (χ4n) is 2.41. The summed E-state index contributed by atoms with van der Waals surface area (Å²) in [6.07, 6.45) is 0.216. The summed E-state index contributed by atoms with van der Waals surface area (Å²) in [5.41, 5.74) is -1.18. The molecule has 70 valence electrons. The predicted molar refractivity (Wildman–Crippen MR) is 42.4 cm³/mol. The minimum atomic E-state index is -1.18. The normalized spacial score (nSPS) is 54.5. The molecule has 2 aliphatic rings. The molecule has 2 rings (SSSR count). The third-order valence-corrected chi connectivity index (χ3v) is 3.36. The van der Waals surface area contributed by atoms with E-state index in [9.17, 15) is 15.3 Å². The Bertz CT molecular complexity index is 199. The lowest BCUT2D eigenvalue weighted by Crippen LogP contribution is -2.62. The van der Waals surface area contributed by atoms with Crippen molar-refractivity contribution in [2.24, 2.45) is 0 Å². The molecule has 0 aliphatic carbocycles. The van der Waals surface area contributed by atoms with Gasteiger partial charge in [-0.3, -0.25) is 4.90 Å². The SMILES string of the molecule is CN1[C@@H]2CC[C@@]1(O)[C@@H](O)[C@H](O)C2. The van der Waals surface area contributed by atoms with Gasteiger partial charge >= 0.3 is 0 Å². The Morgan fingerprint density at radius 2 is 2.08 bits per heavy atom. The van der Waals surface area contributed by atoms with Crippen molar-refractivity contribution in [1.82, 2.24) is 4.90 Å². The Morgan fingerprint density at radius 1 is 1.42 bits per heavy atom. The molecule has 2 heterocycles. The third-order valence-electron chi connectivity index (χ3n) is 3.36. The summed E-state index contributed by atoms with van der Waals surface area (Å²) in [7, 11) is 1.80. The Hall–Kier alpha value is -0.160. The second-order valence-electron chi connectivity index (χ2n) is 3.93. The Labute approximate surface area is 71.4 Å². The van der Waals surface area contributed by atoms with Gasteiger partial charge in [-0.25, -0.2) is 0 Å². The van der Waals surface area contributed by atoms with Crippen LogP contribution >= 0.6 is 0 Å². The number of hydrogen-bond donors (Lipinski definition) is 3. The summed E-state index contributed by atoms with van der Waals surface area (Å²) < 4.78 is 0. The summed E-state index contributed by atoms with van der Waals surface area (Å²) in [6.45, 7) is 0. The second kappa shape index (κ2) is 2.42. The third kappa shape index (κ3) is 0.864. The fraction of sp³-hybridized carbons (Fsp3) is 1.00. The van der Waals surface area contributed by atoms with Gasteiger partial charge in [-0.1, -0.05) is 0 Å². The highest BCUT2D eigenvalue weighted by Crippen LogP contribution is 2.41. The molecule has 3 N–H and O–H groups in total. The number of aliphatic hydroxyl groups excluding tert-OH is 2. The van der Waals surface area contributed by atoms with Gasteiger partial charge in [0.15, 0.2) is 0 Å². The molecule has 2 saturated heterocycles. The number of aliphatic hydroxyl groups is 3. The average Bonchev–Trinajstić information content (AvgIpc) is 2.25. The van der Waals surface area contributed by atoms with Gasteiger partial charge in [0.25, 0.3) is 0 Å². The Kier molecular flexibility index (Phi) is 1.70. The van der Waals surface area contributed by atoms with Crippen LogP contribution in [-0.4, -0.2) is 51.2 Å². The van der Waals surface area contributed by atoms with Crippen LogP contribution in [0.2, 0.25) is 0 Å². The Balaban J connectivity index is 2.28. The van der Waals surface area contributed by atoms with Crippen molar-refractivity contribution < 1.29 is 15.3 Å². The van der Waals surface area contributed by atoms with Crippen LogP contribution in [-0.2, 0) is 0 Å². The lowest BCUT2D eigenvalue weighted by atomic mass is 9.94. The molecule has 2 bridgehead atoms. The fourth-order valence-corrected chi connectivity index (χ4v) is 2.41. The first-order valence-corrected chi connectivity index (χ1v) is 4.37. The van der Waals surface area contributed by atoms with Crippen LogP contribution in [0, 0.1) is 0 Å². The van der Waals surface area contributed by atoms with Crippen LogP contribution in [0.1, 0.15) is 19.3 Å².